The summed E-state index contributed by atoms with van der Waals surface area (Å²) in [5.41, 5.74) is 2.73. The maximum absolute atomic E-state index is 5.73. The van der Waals surface area contributed by atoms with Crippen molar-refractivity contribution in [3.8, 4) is 0 Å². The van der Waals surface area contributed by atoms with Crippen molar-refractivity contribution in [2.75, 3.05) is 6.61 Å². The molecule has 0 bridgehead atoms. The summed E-state index contributed by atoms with van der Waals surface area (Å²) < 4.78 is 5.73. The van der Waals surface area contributed by atoms with Crippen LogP contribution in [0, 0.1) is 0 Å². The van der Waals surface area contributed by atoms with Crippen LogP contribution in [0.1, 0.15) is 30.4 Å². The molecule has 2 rings (SSSR count). The lowest BCUT2D eigenvalue weighted by Crippen LogP contribution is -2.21. The third-order valence-electron chi connectivity index (χ3n) is 2.91. The molecule has 0 spiro atoms. The minimum atomic E-state index is 0.452. The Bertz CT molecular complexity index is 288. The Kier molecular flexibility index (Phi) is 4.21. The normalized spacial score (nSPS) is 21.5. The van der Waals surface area contributed by atoms with Crippen LogP contribution < -0.4 is 0 Å². The maximum atomic E-state index is 5.73. The summed E-state index contributed by atoms with van der Waals surface area (Å²) >= 11 is 3.46. The average molecular weight is 269 g/mol. The van der Waals surface area contributed by atoms with Crippen LogP contribution in [0.4, 0.5) is 0 Å². The Morgan fingerprint density at radius 1 is 1.13 bits per heavy atom. The van der Waals surface area contributed by atoms with Crippen molar-refractivity contribution >= 4 is 15.9 Å². The zero-order valence-electron chi connectivity index (χ0n) is 8.92. The van der Waals surface area contributed by atoms with Crippen LogP contribution in [-0.4, -0.2) is 12.7 Å². The molecular weight excluding hydrogens is 252 g/mol. The molecule has 1 aromatic rings. The smallest absolute Gasteiger partial charge is 0.0615 e. The summed E-state index contributed by atoms with van der Waals surface area (Å²) in [7, 11) is 0. The SMILES string of the molecule is BrCc1ccc(CC2CCCCO2)cc1. The number of halogens is 1. The van der Waals surface area contributed by atoms with Crippen LogP contribution in [0.2, 0.25) is 0 Å². The van der Waals surface area contributed by atoms with E-state index in [-0.39, 0.29) is 0 Å². The molecule has 0 amide bonds. The Labute approximate surface area is 100.0 Å². The minimum absolute atomic E-state index is 0.452. The van der Waals surface area contributed by atoms with E-state index in [9.17, 15) is 0 Å². The van der Waals surface area contributed by atoms with Gasteiger partial charge >= 0.3 is 0 Å². The molecule has 1 fully saturated rings. The van der Waals surface area contributed by atoms with Gasteiger partial charge in [0.2, 0.25) is 0 Å². The van der Waals surface area contributed by atoms with E-state index in [2.05, 4.69) is 40.2 Å². The molecule has 0 aliphatic carbocycles. The van der Waals surface area contributed by atoms with E-state index >= 15 is 0 Å². The second-order valence-electron chi connectivity index (χ2n) is 4.14. The fraction of sp³-hybridized carbons (Fsp3) is 0.538. The summed E-state index contributed by atoms with van der Waals surface area (Å²) in [5.74, 6) is 0. The number of hydrogen-bond donors (Lipinski definition) is 0. The van der Waals surface area contributed by atoms with Crippen molar-refractivity contribution in [2.45, 2.75) is 37.1 Å². The van der Waals surface area contributed by atoms with Gasteiger partial charge < -0.3 is 4.74 Å². The monoisotopic (exact) mass is 268 g/mol. The second kappa shape index (κ2) is 5.66. The van der Waals surface area contributed by atoms with E-state index in [0.717, 1.165) is 18.4 Å². The van der Waals surface area contributed by atoms with Gasteiger partial charge in [-0.15, -0.1) is 0 Å². The summed E-state index contributed by atoms with van der Waals surface area (Å²) in [6.07, 6.45) is 5.31. The van der Waals surface area contributed by atoms with Crippen LogP contribution in [-0.2, 0) is 16.5 Å². The molecule has 15 heavy (non-hydrogen) atoms. The highest BCUT2D eigenvalue weighted by atomic mass is 79.9. The minimum Gasteiger partial charge on any atom is -0.378 e. The molecule has 1 nitrogen and oxygen atoms in total. The van der Waals surface area contributed by atoms with Crippen LogP contribution in [0.25, 0.3) is 0 Å². The van der Waals surface area contributed by atoms with E-state index in [1.54, 1.807) is 0 Å². The number of ether oxygens (including phenoxy) is 1. The molecule has 82 valence electrons. The van der Waals surface area contributed by atoms with E-state index in [0.29, 0.717) is 6.10 Å². The molecule has 1 aromatic carbocycles. The van der Waals surface area contributed by atoms with Gasteiger partial charge in [-0.3, -0.25) is 0 Å². The maximum Gasteiger partial charge on any atom is 0.0615 e. The first-order chi connectivity index (χ1) is 7.38. The molecule has 2 heteroatoms. The van der Waals surface area contributed by atoms with Crippen LogP contribution in [0.5, 0.6) is 0 Å². The molecule has 1 atom stereocenters. The van der Waals surface area contributed by atoms with Crippen molar-refractivity contribution in [3.63, 3.8) is 0 Å². The molecule has 1 aliphatic rings. The van der Waals surface area contributed by atoms with Gasteiger partial charge in [0.25, 0.3) is 0 Å². The number of alkyl halides is 1. The molecule has 1 saturated heterocycles. The topological polar surface area (TPSA) is 9.23 Å². The lowest BCUT2D eigenvalue weighted by atomic mass is 10.0. The molecule has 0 aromatic heterocycles. The summed E-state index contributed by atoms with van der Waals surface area (Å²) in [6.45, 7) is 0.949. The first-order valence-corrected chi connectivity index (χ1v) is 6.76. The van der Waals surface area contributed by atoms with E-state index in [1.165, 1.54) is 30.4 Å². The molecule has 1 heterocycles. The Balaban J connectivity index is 1.91. The van der Waals surface area contributed by atoms with Gasteiger partial charge in [0.1, 0.15) is 0 Å². The number of rotatable bonds is 3. The van der Waals surface area contributed by atoms with Crippen LogP contribution in [0.15, 0.2) is 24.3 Å². The van der Waals surface area contributed by atoms with Gasteiger partial charge in [0.15, 0.2) is 0 Å². The quantitative estimate of drug-likeness (QED) is 0.760. The van der Waals surface area contributed by atoms with E-state index in [1.807, 2.05) is 0 Å². The summed E-state index contributed by atoms with van der Waals surface area (Å²) in [4.78, 5) is 0. The van der Waals surface area contributed by atoms with Crippen molar-refractivity contribution < 1.29 is 4.74 Å². The standard InChI is InChI=1S/C13H17BrO/c14-10-12-6-4-11(5-7-12)9-13-3-1-2-8-15-13/h4-7,13H,1-3,8-10H2. The first kappa shape index (κ1) is 11.2. The average Bonchev–Trinajstić information content (AvgIpc) is 2.31. The van der Waals surface area contributed by atoms with Crippen molar-refractivity contribution in [2.24, 2.45) is 0 Å². The lowest BCUT2D eigenvalue weighted by molar-refractivity contribution is 0.0168. The second-order valence-corrected chi connectivity index (χ2v) is 4.70. The largest absolute Gasteiger partial charge is 0.378 e. The van der Waals surface area contributed by atoms with Crippen LogP contribution in [0.3, 0.4) is 0 Å². The fourth-order valence-electron chi connectivity index (χ4n) is 2.00. The van der Waals surface area contributed by atoms with E-state index in [4.69, 9.17) is 4.74 Å². The first-order valence-electron chi connectivity index (χ1n) is 5.64. The summed E-state index contributed by atoms with van der Waals surface area (Å²) in [5, 5.41) is 0.938. The van der Waals surface area contributed by atoms with Gasteiger partial charge in [-0.25, -0.2) is 0 Å². The van der Waals surface area contributed by atoms with Gasteiger partial charge in [0.05, 0.1) is 6.10 Å². The zero-order valence-corrected chi connectivity index (χ0v) is 10.5. The predicted molar refractivity (Wildman–Crippen MR) is 66.4 cm³/mol. The van der Waals surface area contributed by atoms with Gasteiger partial charge in [-0.05, 0) is 36.8 Å². The number of hydrogen-bond acceptors (Lipinski definition) is 1. The Morgan fingerprint density at radius 2 is 1.87 bits per heavy atom. The molecule has 1 unspecified atom stereocenters. The van der Waals surface area contributed by atoms with Gasteiger partial charge in [-0.2, -0.15) is 0 Å². The predicted octanol–water partition coefficient (Wildman–Crippen LogP) is 3.69. The fourth-order valence-corrected chi connectivity index (χ4v) is 2.37. The van der Waals surface area contributed by atoms with Crippen LogP contribution >= 0.6 is 15.9 Å². The molecule has 1 aliphatic heterocycles. The number of benzene rings is 1. The van der Waals surface area contributed by atoms with Crippen molar-refractivity contribution in [1.82, 2.24) is 0 Å². The molecular formula is C13H17BrO. The zero-order chi connectivity index (χ0) is 10.5. The molecule has 0 radical (unpaired) electrons. The summed E-state index contributed by atoms with van der Waals surface area (Å²) in [6, 6.07) is 8.81. The highest BCUT2D eigenvalue weighted by molar-refractivity contribution is 9.08. The molecule has 0 N–H and O–H groups in total. The van der Waals surface area contributed by atoms with Gasteiger partial charge in [0, 0.05) is 11.9 Å². The highest BCUT2D eigenvalue weighted by Crippen LogP contribution is 2.18. The van der Waals surface area contributed by atoms with Crippen molar-refractivity contribution in [3.05, 3.63) is 35.4 Å². The Morgan fingerprint density at radius 3 is 2.47 bits per heavy atom. The highest BCUT2D eigenvalue weighted by Gasteiger charge is 2.13. The lowest BCUT2D eigenvalue weighted by Gasteiger charge is -2.22. The third-order valence-corrected chi connectivity index (χ3v) is 3.56. The van der Waals surface area contributed by atoms with E-state index < -0.39 is 0 Å². The molecule has 0 saturated carbocycles. The third kappa shape index (κ3) is 3.32. The Hall–Kier alpha value is -0.340. The van der Waals surface area contributed by atoms with Crippen molar-refractivity contribution in [1.29, 1.82) is 0 Å². The van der Waals surface area contributed by atoms with Gasteiger partial charge in [-0.1, -0.05) is 40.2 Å².